The molecule has 0 aromatic heterocycles. The van der Waals surface area contributed by atoms with Crippen molar-refractivity contribution in [3.8, 4) is 5.75 Å². The van der Waals surface area contributed by atoms with Crippen LogP contribution in [-0.4, -0.2) is 57.1 Å². The number of carbonyl (C=O) groups is 2. The SMILES string of the molecule is CCNC(=O)[C@H](Cc1ccccc1)N(Cc1cccc(Br)c1)C(=O)CN(c1ccccc1OCC)S(C)(=O)=O. The number of benzene rings is 3. The fourth-order valence-corrected chi connectivity index (χ4v) is 5.51. The van der Waals surface area contributed by atoms with E-state index in [-0.39, 0.29) is 24.6 Å². The van der Waals surface area contributed by atoms with Gasteiger partial charge in [0.15, 0.2) is 0 Å². The quantitative estimate of drug-likeness (QED) is 0.308. The fraction of sp³-hybridized carbons (Fsp3) is 0.310. The molecule has 0 heterocycles. The molecule has 0 fully saturated rings. The van der Waals surface area contributed by atoms with E-state index in [0.717, 1.165) is 26.2 Å². The number of nitrogens with zero attached hydrogens (tertiary/aromatic N) is 2. The number of hydrogen-bond donors (Lipinski definition) is 1. The Morgan fingerprint density at radius 3 is 2.26 bits per heavy atom. The van der Waals surface area contributed by atoms with Crippen molar-refractivity contribution in [3.05, 3.63) is 94.5 Å². The van der Waals surface area contributed by atoms with Crippen LogP contribution in [0.3, 0.4) is 0 Å². The van der Waals surface area contributed by atoms with Gasteiger partial charge in [-0.25, -0.2) is 8.42 Å². The molecule has 3 aromatic rings. The largest absolute Gasteiger partial charge is 0.492 e. The van der Waals surface area contributed by atoms with Crippen LogP contribution in [0.4, 0.5) is 5.69 Å². The molecule has 0 saturated heterocycles. The van der Waals surface area contributed by atoms with Crippen molar-refractivity contribution in [1.29, 1.82) is 0 Å². The van der Waals surface area contributed by atoms with E-state index in [0.29, 0.717) is 18.9 Å². The molecular weight excluding hydrogens is 582 g/mol. The summed E-state index contributed by atoms with van der Waals surface area (Å²) in [5.41, 5.74) is 1.93. The number of sulfonamides is 1. The molecule has 0 aliphatic carbocycles. The zero-order chi connectivity index (χ0) is 28.4. The molecule has 3 rings (SSSR count). The number of ether oxygens (including phenoxy) is 1. The van der Waals surface area contributed by atoms with Gasteiger partial charge in [-0.1, -0.05) is 70.5 Å². The summed E-state index contributed by atoms with van der Waals surface area (Å²) in [4.78, 5) is 28.9. The van der Waals surface area contributed by atoms with Crippen LogP contribution in [0, 0.1) is 0 Å². The molecule has 208 valence electrons. The van der Waals surface area contributed by atoms with Gasteiger partial charge in [-0.05, 0) is 49.2 Å². The lowest BCUT2D eigenvalue weighted by Gasteiger charge is -2.33. The Morgan fingerprint density at radius 2 is 1.62 bits per heavy atom. The lowest BCUT2D eigenvalue weighted by molar-refractivity contribution is -0.140. The number of amides is 2. The van der Waals surface area contributed by atoms with Crippen LogP contribution in [0.2, 0.25) is 0 Å². The molecule has 0 radical (unpaired) electrons. The lowest BCUT2D eigenvalue weighted by Crippen LogP contribution is -2.53. The Bertz CT molecular complexity index is 1370. The minimum Gasteiger partial charge on any atom is -0.492 e. The minimum atomic E-state index is -3.88. The average Bonchev–Trinajstić information content (AvgIpc) is 2.90. The highest BCUT2D eigenvalue weighted by molar-refractivity contribution is 9.10. The van der Waals surface area contributed by atoms with Gasteiger partial charge in [0, 0.05) is 24.0 Å². The van der Waals surface area contributed by atoms with E-state index in [4.69, 9.17) is 4.74 Å². The van der Waals surface area contributed by atoms with Crippen LogP contribution in [0.15, 0.2) is 83.3 Å². The number of likely N-dealkylation sites (N-methyl/N-ethyl adjacent to an activating group) is 1. The second kappa shape index (κ2) is 14.1. The summed E-state index contributed by atoms with van der Waals surface area (Å²) >= 11 is 3.47. The first-order chi connectivity index (χ1) is 18.6. The predicted octanol–water partition coefficient (Wildman–Crippen LogP) is 4.39. The Morgan fingerprint density at radius 1 is 0.949 bits per heavy atom. The van der Waals surface area contributed by atoms with E-state index in [1.807, 2.05) is 61.5 Å². The van der Waals surface area contributed by atoms with Crippen molar-refractivity contribution in [3.63, 3.8) is 0 Å². The topological polar surface area (TPSA) is 96.0 Å². The Balaban J connectivity index is 2.06. The normalized spacial score (nSPS) is 11.9. The maximum Gasteiger partial charge on any atom is 0.244 e. The summed E-state index contributed by atoms with van der Waals surface area (Å²) in [6.45, 7) is 3.94. The number of halogens is 1. The van der Waals surface area contributed by atoms with Gasteiger partial charge in [0.1, 0.15) is 18.3 Å². The number of para-hydroxylation sites is 2. The molecule has 8 nitrogen and oxygen atoms in total. The first-order valence-electron chi connectivity index (χ1n) is 12.7. The standard InChI is InChI=1S/C29H34BrN3O5S/c1-4-31-29(35)26(19-22-12-7-6-8-13-22)32(20-23-14-11-15-24(30)18-23)28(34)21-33(39(3,36)37)25-16-9-10-17-27(25)38-5-2/h6-18,26H,4-5,19-21H2,1-3H3,(H,31,35)/t26-/m0/s1. The van der Waals surface area contributed by atoms with Crippen LogP contribution in [0.1, 0.15) is 25.0 Å². The van der Waals surface area contributed by atoms with Crippen LogP contribution in [-0.2, 0) is 32.6 Å². The molecule has 0 aliphatic heterocycles. The van der Waals surface area contributed by atoms with E-state index >= 15 is 0 Å². The van der Waals surface area contributed by atoms with Gasteiger partial charge in [-0.3, -0.25) is 13.9 Å². The maximum absolute atomic E-state index is 14.1. The van der Waals surface area contributed by atoms with E-state index in [1.54, 1.807) is 31.2 Å². The Labute approximate surface area is 239 Å². The molecule has 10 heteroatoms. The first-order valence-corrected chi connectivity index (χ1v) is 15.3. The smallest absolute Gasteiger partial charge is 0.244 e. The van der Waals surface area contributed by atoms with E-state index in [9.17, 15) is 18.0 Å². The summed E-state index contributed by atoms with van der Waals surface area (Å²) < 4.78 is 33.4. The molecule has 0 saturated carbocycles. The highest BCUT2D eigenvalue weighted by atomic mass is 79.9. The van der Waals surface area contributed by atoms with Crippen molar-refractivity contribution in [2.24, 2.45) is 0 Å². The zero-order valence-electron chi connectivity index (χ0n) is 22.3. The Hall–Kier alpha value is -3.37. The highest BCUT2D eigenvalue weighted by Gasteiger charge is 2.33. The van der Waals surface area contributed by atoms with E-state index < -0.39 is 28.5 Å². The molecule has 1 N–H and O–H groups in total. The number of carbonyl (C=O) groups excluding carboxylic acids is 2. The molecular formula is C29H34BrN3O5S. The molecule has 0 bridgehead atoms. The van der Waals surface area contributed by atoms with E-state index in [2.05, 4.69) is 21.2 Å². The van der Waals surface area contributed by atoms with Gasteiger partial charge in [-0.2, -0.15) is 0 Å². The zero-order valence-corrected chi connectivity index (χ0v) is 24.7. The molecule has 0 unspecified atom stereocenters. The van der Waals surface area contributed by atoms with E-state index in [1.165, 1.54) is 4.90 Å². The second-order valence-corrected chi connectivity index (χ2v) is 11.7. The molecule has 3 aromatic carbocycles. The molecule has 39 heavy (non-hydrogen) atoms. The monoisotopic (exact) mass is 615 g/mol. The summed E-state index contributed by atoms with van der Waals surface area (Å²) in [5, 5.41) is 2.85. The third kappa shape index (κ3) is 8.56. The van der Waals surface area contributed by atoms with Gasteiger partial charge < -0.3 is 15.0 Å². The molecule has 0 aliphatic rings. The van der Waals surface area contributed by atoms with Crippen molar-refractivity contribution in [2.45, 2.75) is 32.9 Å². The number of anilines is 1. The lowest BCUT2D eigenvalue weighted by atomic mass is 10.0. The van der Waals surface area contributed by atoms with Gasteiger partial charge >= 0.3 is 0 Å². The highest BCUT2D eigenvalue weighted by Crippen LogP contribution is 2.30. The summed E-state index contributed by atoms with van der Waals surface area (Å²) in [6.07, 6.45) is 1.31. The average molecular weight is 617 g/mol. The summed E-state index contributed by atoms with van der Waals surface area (Å²) in [7, 11) is -3.88. The van der Waals surface area contributed by atoms with Gasteiger partial charge in [0.2, 0.25) is 21.8 Å². The number of hydrogen-bond acceptors (Lipinski definition) is 5. The van der Waals surface area contributed by atoms with Crippen molar-refractivity contribution in [2.75, 3.05) is 30.3 Å². The Kier molecular flexibility index (Phi) is 10.9. The molecule has 1 atom stereocenters. The summed E-state index contributed by atoms with van der Waals surface area (Å²) in [5.74, 6) is -0.481. The summed E-state index contributed by atoms with van der Waals surface area (Å²) in [6, 6.07) is 22.7. The molecule has 2 amide bonds. The van der Waals surface area contributed by atoms with Crippen LogP contribution < -0.4 is 14.4 Å². The molecule has 0 spiro atoms. The maximum atomic E-state index is 14.1. The minimum absolute atomic E-state index is 0.109. The van der Waals surface area contributed by atoms with Gasteiger partial charge in [0.25, 0.3) is 0 Å². The van der Waals surface area contributed by atoms with Gasteiger partial charge in [-0.15, -0.1) is 0 Å². The van der Waals surface area contributed by atoms with Crippen LogP contribution >= 0.6 is 15.9 Å². The third-order valence-electron chi connectivity index (χ3n) is 5.98. The first kappa shape index (κ1) is 30.2. The fourth-order valence-electron chi connectivity index (χ4n) is 4.21. The van der Waals surface area contributed by atoms with Crippen molar-refractivity contribution < 1.29 is 22.7 Å². The number of rotatable bonds is 13. The number of nitrogens with one attached hydrogen (secondary N) is 1. The van der Waals surface area contributed by atoms with Gasteiger partial charge in [0.05, 0.1) is 18.6 Å². The van der Waals surface area contributed by atoms with Crippen molar-refractivity contribution in [1.82, 2.24) is 10.2 Å². The predicted molar refractivity (Wildman–Crippen MR) is 157 cm³/mol. The van der Waals surface area contributed by atoms with Crippen molar-refractivity contribution >= 4 is 43.5 Å². The third-order valence-corrected chi connectivity index (χ3v) is 7.60. The van der Waals surface area contributed by atoms with Crippen LogP contribution in [0.25, 0.3) is 0 Å². The second-order valence-electron chi connectivity index (χ2n) is 8.92. The van der Waals surface area contributed by atoms with Crippen LogP contribution in [0.5, 0.6) is 5.75 Å².